The van der Waals surface area contributed by atoms with Crippen LogP contribution in [0.15, 0.2) is 24.5 Å². The first-order valence-electron chi connectivity index (χ1n) is 5.50. The van der Waals surface area contributed by atoms with Gasteiger partial charge in [-0.25, -0.2) is 4.98 Å². The average molecular weight is 314 g/mol. The Morgan fingerprint density at radius 1 is 1.40 bits per heavy atom. The summed E-state index contributed by atoms with van der Waals surface area (Å²) in [7, 11) is 3.07. The van der Waals surface area contributed by atoms with Gasteiger partial charge in [-0.15, -0.1) is 0 Å². The number of anilines is 1. The van der Waals surface area contributed by atoms with E-state index in [0.29, 0.717) is 22.2 Å². The van der Waals surface area contributed by atoms with Crippen molar-refractivity contribution in [2.45, 2.75) is 6.54 Å². The van der Waals surface area contributed by atoms with Crippen LogP contribution in [0.1, 0.15) is 5.56 Å². The molecule has 0 aliphatic carbocycles. The van der Waals surface area contributed by atoms with Gasteiger partial charge in [-0.05, 0) is 12.1 Å². The lowest BCUT2D eigenvalue weighted by atomic mass is 10.2. The molecule has 0 fully saturated rings. The minimum atomic E-state index is -2.45. The molecule has 20 heavy (non-hydrogen) atoms. The standard InChI is InChI=1S/C11H13N3O4S2/c1-17-9-4-3-8(10(5-9)18-2)6-14(20(15)16)11-12-7-13-19-11/h3-5,7H,6H2,1-2H3,(H,15,16)/p-1. The summed E-state index contributed by atoms with van der Waals surface area (Å²) in [5.74, 6) is 1.18. The molecule has 108 valence electrons. The molecule has 0 spiro atoms. The number of nitrogens with zero attached hydrogens (tertiary/aromatic N) is 3. The summed E-state index contributed by atoms with van der Waals surface area (Å²) in [6.45, 7) is 0.110. The highest BCUT2D eigenvalue weighted by molar-refractivity contribution is 7.80. The Bertz CT molecular complexity index is 591. The predicted molar refractivity (Wildman–Crippen MR) is 74.6 cm³/mol. The average Bonchev–Trinajstić information content (AvgIpc) is 2.98. The van der Waals surface area contributed by atoms with Crippen LogP contribution < -0.4 is 13.8 Å². The van der Waals surface area contributed by atoms with Crippen molar-refractivity contribution in [1.29, 1.82) is 0 Å². The summed E-state index contributed by atoms with van der Waals surface area (Å²) in [5.41, 5.74) is 0.702. The molecule has 0 aliphatic rings. The minimum absolute atomic E-state index is 0.110. The highest BCUT2D eigenvalue weighted by Crippen LogP contribution is 2.28. The van der Waals surface area contributed by atoms with E-state index in [0.717, 1.165) is 15.8 Å². The molecule has 2 rings (SSSR count). The van der Waals surface area contributed by atoms with Crippen molar-refractivity contribution in [3.8, 4) is 11.5 Å². The molecule has 1 aromatic carbocycles. The molecule has 9 heteroatoms. The maximum Gasteiger partial charge on any atom is 0.216 e. The predicted octanol–water partition coefficient (Wildman–Crippen LogP) is 1.36. The lowest BCUT2D eigenvalue weighted by molar-refractivity contribution is 0.391. The zero-order chi connectivity index (χ0) is 14.5. The number of ether oxygens (including phenoxy) is 2. The first-order valence-corrected chi connectivity index (χ1v) is 7.30. The quantitative estimate of drug-likeness (QED) is 0.748. The second kappa shape index (κ2) is 6.64. The fourth-order valence-corrected chi connectivity index (χ4v) is 2.74. The van der Waals surface area contributed by atoms with E-state index in [1.807, 2.05) is 0 Å². The van der Waals surface area contributed by atoms with E-state index in [-0.39, 0.29) is 6.54 Å². The van der Waals surface area contributed by atoms with Crippen molar-refractivity contribution in [3.05, 3.63) is 30.1 Å². The van der Waals surface area contributed by atoms with Crippen LogP contribution in [0, 0.1) is 0 Å². The largest absolute Gasteiger partial charge is 0.755 e. The van der Waals surface area contributed by atoms with Crippen LogP contribution in [0.2, 0.25) is 0 Å². The normalized spacial score (nSPS) is 11.9. The van der Waals surface area contributed by atoms with Crippen molar-refractivity contribution in [1.82, 2.24) is 9.36 Å². The van der Waals surface area contributed by atoms with Gasteiger partial charge in [0.25, 0.3) is 0 Å². The Morgan fingerprint density at radius 3 is 2.75 bits per heavy atom. The highest BCUT2D eigenvalue weighted by atomic mass is 32.2. The van der Waals surface area contributed by atoms with Gasteiger partial charge in [-0.3, -0.25) is 8.51 Å². The summed E-state index contributed by atoms with van der Waals surface area (Å²) in [5, 5.41) is 0.302. The molecular weight excluding hydrogens is 302 g/mol. The van der Waals surface area contributed by atoms with Gasteiger partial charge in [0.2, 0.25) is 5.13 Å². The van der Waals surface area contributed by atoms with Gasteiger partial charge in [0.1, 0.15) is 17.8 Å². The first kappa shape index (κ1) is 14.7. The minimum Gasteiger partial charge on any atom is -0.755 e. The molecule has 1 unspecified atom stereocenters. The number of rotatable bonds is 6. The number of aromatic nitrogens is 2. The Balaban J connectivity index is 2.29. The fraction of sp³-hybridized carbons (Fsp3) is 0.273. The van der Waals surface area contributed by atoms with Crippen LogP contribution in [0.25, 0.3) is 0 Å². The van der Waals surface area contributed by atoms with Gasteiger partial charge in [0.05, 0.1) is 20.8 Å². The van der Waals surface area contributed by atoms with Crippen molar-refractivity contribution >= 4 is 27.9 Å². The highest BCUT2D eigenvalue weighted by Gasteiger charge is 2.15. The van der Waals surface area contributed by atoms with E-state index in [1.54, 1.807) is 25.3 Å². The second-order valence-electron chi connectivity index (χ2n) is 3.66. The van der Waals surface area contributed by atoms with Crippen LogP contribution >= 0.6 is 11.5 Å². The molecule has 0 saturated heterocycles. The van der Waals surface area contributed by atoms with Crippen molar-refractivity contribution in [2.75, 3.05) is 18.5 Å². The van der Waals surface area contributed by atoms with Gasteiger partial charge >= 0.3 is 0 Å². The summed E-state index contributed by atoms with van der Waals surface area (Å²) in [6, 6.07) is 5.18. The van der Waals surface area contributed by atoms with Gasteiger partial charge in [0.15, 0.2) is 0 Å². The van der Waals surface area contributed by atoms with Gasteiger partial charge in [-0.1, -0.05) is 0 Å². The van der Waals surface area contributed by atoms with E-state index < -0.39 is 11.3 Å². The summed E-state index contributed by atoms with van der Waals surface area (Å²) >= 11 is -1.44. The summed E-state index contributed by atoms with van der Waals surface area (Å²) in [4.78, 5) is 3.90. The lowest BCUT2D eigenvalue weighted by Crippen LogP contribution is -2.24. The van der Waals surface area contributed by atoms with Crippen LogP contribution in [0.3, 0.4) is 0 Å². The molecule has 7 nitrogen and oxygen atoms in total. The van der Waals surface area contributed by atoms with E-state index in [1.165, 1.54) is 13.4 Å². The maximum absolute atomic E-state index is 11.3. The van der Waals surface area contributed by atoms with E-state index in [4.69, 9.17) is 9.47 Å². The van der Waals surface area contributed by atoms with Crippen molar-refractivity contribution < 1.29 is 18.2 Å². The summed E-state index contributed by atoms with van der Waals surface area (Å²) < 4.78 is 37.9. The van der Waals surface area contributed by atoms with Gasteiger partial charge < -0.3 is 14.0 Å². The molecule has 0 amide bonds. The molecule has 1 aromatic heterocycles. The van der Waals surface area contributed by atoms with Crippen molar-refractivity contribution in [2.24, 2.45) is 0 Å². The zero-order valence-corrected chi connectivity index (χ0v) is 12.4. The lowest BCUT2D eigenvalue weighted by Gasteiger charge is -2.24. The number of methoxy groups -OCH3 is 2. The van der Waals surface area contributed by atoms with Gasteiger partial charge in [0, 0.05) is 34.4 Å². The molecule has 1 atom stereocenters. The van der Waals surface area contributed by atoms with Crippen LogP contribution in [-0.2, 0) is 17.8 Å². The monoisotopic (exact) mass is 314 g/mol. The van der Waals surface area contributed by atoms with Crippen LogP contribution in [0.4, 0.5) is 5.13 Å². The van der Waals surface area contributed by atoms with E-state index >= 15 is 0 Å². The third kappa shape index (κ3) is 3.24. The fourth-order valence-electron chi connectivity index (χ4n) is 1.60. The Morgan fingerprint density at radius 2 is 2.20 bits per heavy atom. The SMILES string of the molecule is COc1ccc(CN(c2ncns2)S(=O)[O-])c(OC)c1. The molecular formula is C11H12N3O4S2-. The third-order valence-electron chi connectivity index (χ3n) is 2.55. The Hall–Kier alpha value is -1.71. The third-order valence-corrected chi connectivity index (χ3v) is 4.02. The molecule has 2 aromatic rings. The van der Waals surface area contributed by atoms with Crippen molar-refractivity contribution in [3.63, 3.8) is 0 Å². The Labute approximate surface area is 122 Å². The zero-order valence-electron chi connectivity index (χ0n) is 10.8. The molecule has 0 radical (unpaired) electrons. The maximum atomic E-state index is 11.3. The second-order valence-corrected chi connectivity index (χ2v) is 5.29. The first-order chi connectivity index (χ1) is 9.65. The number of hydrogen-bond acceptors (Lipinski definition) is 7. The molecule has 0 aliphatic heterocycles. The number of benzene rings is 1. The smallest absolute Gasteiger partial charge is 0.216 e. The molecule has 0 saturated carbocycles. The summed E-state index contributed by atoms with van der Waals surface area (Å²) in [6.07, 6.45) is 1.31. The topological polar surface area (TPSA) is 87.6 Å². The van der Waals surface area contributed by atoms with E-state index in [2.05, 4.69) is 9.36 Å². The number of hydrogen-bond donors (Lipinski definition) is 0. The molecule has 0 bridgehead atoms. The van der Waals surface area contributed by atoms with Crippen LogP contribution in [-0.4, -0.2) is 32.3 Å². The van der Waals surface area contributed by atoms with Gasteiger partial charge in [-0.2, -0.15) is 4.37 Å². The molecule has 0 N–H and O–H groups in total. The Kier molecular flexibility index (Phi) is 4.88. The van der Waals surface area contributed by atoms with Crippen LogP contribution in [0.5, 0.6) is 11.5 Å². The van der Waals surface area contributed by atoms with E-state index in [9.17, 15) is 8.76 Å². The molecule has 1 heterocycles.